The van der Waals surface area contributed by atoms with E-state index in [0.717, 1.165) is 14.7 Å². The Balaban J connectivity index is 4.39. The van der Waals surface area contributed by atoms with Gasteiger partial charge in [0.25, 0.3) is 0 Å². The third kappa shape index (κ3) is 23.2. The molecule has 26 heteroatoms. The lowest BCUT2D eigenvalue weighted by atomic mass is 9.91. The van der Waals surface area contributed by atoms with Crippen LogP contribution in [-0.4, -0.2) is 251 Å². The number of hydrogen-bond acceptors (Lipinski definition) is 15. The van der Waals surface area contributed by atoms with Crippen molar-refractivity contribution in [2.24, 2.45) is 40.7 Å². The summed E-state index contributed by atoms with van der Waals surface area (Å²) in [6, 6.07) is -13.0. The number of carbonyl (C=O) groups excluding carboxylic acids is 11. The number of rotatable bonds is 19. The molecule has 0 aromatic carbocycles. The van der Waals surface area contributed by atoms with Crippen molar-refractivity contribution in [3.05, 3.63) is 12.2 Å². The van der Waals surface area contributed by atoms with Crippen LogP contribution in [0.15, 0.2) is 17.3 Å². The highest BCUT2D eigenvalue weighted by Gasteiger charge is 2.46. The Kier molecular flexibility index (Phi) is 34.5. The smallest absolute Gasteiger partial charge is 0.246 e. The van der Waals surface area contributed by atoms with Crippen LogP contribution in [0, 0.1) is 35.5 Å². The van der Waals surface area contributed by atoms with Gasteiger partial charge in [0.15, 0.2) is 0 Å². The number of ether oxygens (including phenoxy) is 1. The summed E-state index contributed by atoms with van der Waals surface area (Å²) in [6.07, 6.45) is 3.58. The van der Waals surface area contributed by atoms with E-state index in [1.807, 2.05) is 41.5 Å². The minimum absolute atomic E-state index is 0.0203. The first-order valence-corrected chi connectivity index (χ1v) is 31.9. The monoisotopic (exact) mass is 1270 g/mol. The number of allylic oxidation sites excluding steroid dienone is 2. The number of nitrogens with zero attached hydrogens (tertiary/aromatic N) is 8. The number of carbonyl (C=O) groups is 11. The summed E-state index contributed by atoms with van der Waals surface area (Å²) in [4.78, 5) is 170. The molecule has 26 nitrogen and oxygen atoms in total. The fourth-order valence-corrected chi connectivity index (χ4v) is 11.1. The summed E-state index contributed by atoms with van der Waals surface area (Å²) in [5.41, 5.74) is 0. The Morgan fingerprint density at radius 3 is 1.51 bits per heavy atom. The lowest BCUT2D eigenvalue weighted by molar-refractivity contribution is -0.157. The summed E-state index contributed by atoms with van der Waals surface area (Å²) in [5.74, 6) is -10.3. The molecule has 1 fully saturated rings. The van der Waals surface area contributed by atoms with Crippen LogP contribution in [0.2, 0.25) is 0 Å². The lowest BCUT2D eigenvalue weighted by Gasteiger charge is -2.41. The number of hydrogen-bond donors (Lipinski definition) is 6. The Hall–Kier alpha value is -6.70. The van der Waals surface area contributed by atoms with E-state index in [1.54, 1.807) is 67.5 Å². The normalized spacial score (nSPS) is 26.5. The Labute approximate surface area is 536 Å². The van der Waals surface area contributed by atoms with Crippen LogP contribution >= 0.6 is 0 Å². The maximum Gasteiger partial charge on any atom is 0.246 e. The van der Waals surface area contributed by atoms with Crippen LogP contribution in [0.3, 0.4) is 0 Å². The van der Waals surface area contributed by atoms with E-state index in [0.29, 0.717) is 12.8 Å². The molecule has 0 spiro atoms. The summed E-state index contributed by atoms with van der Waals surface area (Å²) in [7, 11) is 9.70. The van der Waals surface area contributed by atoms with Gasteiger partial charge in [-0.2, -0.15) is 0 Å². The van der Waals surface area contributed by atoms with Crippen molar-refractivity contribution in [3.8, 4) is 0 Å². The lowest BCUT2D eigenvalue weighted by Crippen LogP contribution is -2.63. The van der Waals surface area contributed by atoms with Crippen molar-refractivity contribution >= 4 is 71.2 Å². The van der Waals surface area contributed by atoms with Gasteiger partial charge in [0.05, 0.1) is 18.8 Å². The van der Waals surface area contributed by atoms with Gasteiger partial charge in [-0.1, -0.05) is 95.2 Å². The van der Waals surface area contributed by atoms with Gasteiger partial charge in [-0.3, -0.25) is 52.7 Å². The molecule has 0 saturated carbocycles. The molecule has 0 aromatic heterocycles. The zero-order valence-corrected chi connectivity index (χ0v) is 58.4. The number of aliphatic hydroxyl groups is 1. The van der Waals surface area contributed by atoms with Crippen molar-refractivity contribution in [1.82, 2.24) is 55.6 Å². The Morgan fingerprint density at radius 1 is 0.544 bits per heavy atom. The largest absolute Gasteiger partial charge is 0.411 e. The number of likely N-dealkylation sites (N-methyl/N-ethyl adjacent to an activating group) is 7. The summed E-state index contributed by atoms with van der Waals surface area (Å²) < 4.78 is 6.08. The Bertz CT molecular complexity index is 2470. The van der Waals surface area contributed by atoms with Crippen molar-refractivity contribution in [2.75, 3.05) is 62.5 Å². The molecule has 0 aromatic rings. The molecule has 11 amide bonds. The minimum atomic E-state index is -1.65. The van der Waals surface area contributed by atoms with Crippen molar-refractivity contribution < 1.29 is 67.8 Å². The highest BCUT2D eigenvalue weighted by atomic mass is 16.5. The molecule has 514 valence electrons. The van der Waals surface area contributed by atoms with Crippen LogP contribution in [0.1, 0.15) is 156 Å². The highest BCUT2D eigenvalue weighted by Crippen LogP contribution is 2.26. The van der Waals surface area contributed by atoms with E-state index in [4.69, 9.17) is 9.94 Å². The van der Waals surface area contributed by atoms with Gasteiger partial charge in [-0.05, 0) is 108 Å². The van der Waals surface area contributed by atoms with Gasteiger partial charge >= 0.3 is 0 Å². The van der Waals surface area contributed by atoms with E-state index in [9.17, 15) is 48.3 Å². The van der Waals surface area contributed by atoms with E-state index in [2.05, 4.69) is 26.4 Å². The molecular formula is C64H114N12O14. The maximum atomic E-state index is 15.2. The average molecular weight is 1280 g/mol. The average Bonchev–Trinajstić information content (AvgIpc) is 0.863. The van der Waals surface area contributed by atoms with Gasteiger partial charge in [-0.25, -0.2) is 0 Å². The van der Waals surface area contributed by atoms with Crippen LogP contribution in [0.4, 0.5) is 0 Å². The third-order valence-electron chi connectivity index (χ3n) is 16.7. The first-order valence-electron chi connectivity index (χ1n) is 31.9. The van der Waals surface area contributed by atoms with Crippen LogP contribution in [0.25, 0.3) is 0 Å². The molecule has 1 rings (SSSR count). The third-order valence-corrected chi connectivity index (χ3v) is 16.7. The van der Waals surface area contributed by atoms with Crippen molar-refractivity contribution in [1.29, 1.82) is 0 Å². The second kappa shape index (κ2) is 38.2. The topological polar surface area (TPSA) is 321 Å². The molecule has 0 unspecified atom stereocenters. The second-order valence-electron chi connectivity index (χ2n) is 26.4. The van der Waals surface area contributed by atoms with Gasteiger partial charge < -0.3 is 70.6 Å². The molecule has 90 heavy (non-hydrogen) atoms. The maximum absolute atomic E-state index is 15.2. The van der Waals surface area contributed by atoms with Crippen LogP contribution in [-0.2, 0) is 57.5 Å². The van der Waals surface area contributed by atoms with Gasteiger partial charge in [0.2, 0.25) is 65.0 Å². The number of unbranched alkanes of at least 4 members (excludes halogenated alkanes) is 1. The number of aliphatic hydroxyl groups excluding tert-OH is 1. The number of oxime groups is 1. The van der Waals surface area contributed by atoms with Gasteiger partial charge in [0, 0.05) is 62.2 Å². The van der Waals surface area contributed by atoms with E-state index in [-0.39, 0.29) is 56.5 Å². The SMILES string of the molecule is C/C=C/C[C@@H](C)[C@@H](O)[C@H]1C(=O)N[C@@H](CC)C(=O)N(C)CC(=O)N(C)[C@@H]([C@@H](C)OCCC/C=N/O)C(=O)N[C@@H](C(C)C)C(=O)N(C)[C@H](CC(C)C)C(=O)N[C@@H](C)C(=O)N[C@@H](C)C(=O)N(C)[C@@H](CC(C)C)C(=O)N(C)[C@H](CC(C)C)C(=O)N(C)[C@@H](C(C)C)C(=O)N1C. The van der Waals surface area contributed by atoms with Crippen LogP contribution < -0.4 is 21.3 Å². The van der Waals surface area contributed by atoms with Gasteiger partial charge in [0.1, 0.15) is 60.4 Å². The number of amides is 11. The van der Waals surface area contributed by atoms with Crippen molar-refractivity contribution in [3.63, 3.8) is 0 Å². The standard InChI is InChI=1S/C64H114N12O14/c1-24-26-29-41(13)54(78)53-58(82)68-45(25-2)60(84)70(17)35-49(77)74(21)52(44(16)90-31-28-27-30-65-89)57(81)69-50(39(9)10)63(87)71(18)46(32-36(3)4)56(80)66-42(14)55(79)67-43(15)59(83)72(19)47(33-37(5)6)61(85)73(20)48(34-38(7)8)62(86)75(22)51(40(11)12)64(88)76(53)23/h24,26,30,36-48,50-54,78,89H,25,27-29,31-35H2,1-23H3,(H,66,80)(H,67,79)(H,68,82)(H,69,81)/b26-24+,65-30+/t41-,42+,43+,44-,45+,46-,47+,48-,50+,51+,52+,53+,54-/m1/s1. The molecule has 1 heterocycles. The predicted octanol–water partition coefficient (Wildman–Crippen LogP) is 2.87. The minimum Gasteiger partial charge on any atom is -0.411 e. The highest BCUT2D eigenvalue weighted by molar-refractivity contribution is 5.99. The molecule has 1 aliphatic rings. The van der Waals surface area contributed by atoms with Gasteiger partial charge in [-0.15, -0.1) is 5.16 Å². The Morgan fingerprint density at radius 2 is 1.02 bits per heavy atom. The molecule has 13 atom stereocenters. The zero-order chi connectivity index (χ0) is 69.5. The zero-order valence-electron chi connectivity index (χ0n) is 58.4. The quantitative estimate of drug-likeness (QED) is 0.0356. The predicted molar refractivity (Wildman–Crippen MR) is 344 cm³/mol. The summed E-state index contributed by atoms with van der Waals surface area (Å²) in [5, 5.41) is 35.0. The van der Waals surface area contributed by atoms with E-state index < -0.39 is 162 Å². The van der Waals surface area contributed by atoms with E-state index >= 15 is 9.59 Å². The first kappa shape index (κ1) is 81.3. The molecule has 1 aliphatic heterocycles. The molecular weight excluding hydrogens is 1160 g/mol. The first-order chi connectivity index (χ1) is 41.8. The van der Waals surface area contributed by atoms with Crippen LogP contribution in [0.5, 0.6) is 0 Å². The summed E-state index contributed by atoms with van der Waals surface area (Å²) >= 11 is 0. The molecule has 1 saturated heterocycles. The summed E-state index contributed by atoms with van der Waals surface area (Å²) in [6.45, 7) is 26.8. The fourth-order valence-electron chi connectivity index (χ4n) is 11.1. The molecule has 0 aliphatic carbocycles. The van der Waals surface area contributed by atoms with E-state index in [1.165, 1.54) is 89.0 Å². The second-order valence-corrected chi connectivity index (χ2v) is 26.4. The molecule has 0 radical (unpaired) electrons. The fraction of sp³-hybridized carbons (Fsp3) is 0.781. The number of nitrogens with one attached hydrogen (secondary N) is 4. The molecule has 6 N–H and O–H groups in total. The molecule has 0 bridgehead atoms. The van der Waals surface area contributed by atoms with Crippen molar-refractivity contribution in [2.45, 2.75) is 228 Å².